The lowest BCUT2D eigenvalue weighted by Crippen LogP contribution is -1.88. The Kier molecular flexibility index (Phi) is 2.21. The fraction of sp³-hybridized carbons (Fsp3) is 0.167. The van der Waals surface area contributed by atoms with Crippen molar-refractivity contribution in [3.05, 3.63) is 20.5 Å². The number of hydrogen-bond donors (Lipinski definition) is 0. The number of carbonyl (C=O) groups is 1. The van der Waals surface area contributed by atoms with Crippen LogP contribution in [0.5, 0.6) is 0 Å². The molecule has 1 rings (SSSR count). The molecule has 0 atom stereocenters. The predicted octanol–water partition coefficient (Wildman–Crippen LogP) is 2.85. The van der Waals surface area contributed by atoms with E-state index < -0.39 is 5.82 Å². The first-order chi connectivity index (χ1) is 4.61. The highest BCUT2D eigenvalue weighted by Crippen LogP contribution is 2.25. The van der Waals surface area contributed by atoms with E-state index in [1.54, 1.807) is 0 Å². The molecule has 0 aliphatic carbocycles. The third-order valence-corrected chi connectivity index (χ3v) is 2.69. The molecular formula is C6H4BrFOS. The maximum atomic E-state index is 12.6. The van der Waals surface area contributed by atoms with E-state index in [9.17, 15) is 9.18 Å². The summed E-state index contributed by atoms with van der Waals surface area (Å²) in [5.41, 5.74) is 0. The zero-order valence-electron chi connectivity index (χ0n) is 5.15. The zero-order chi connectivity index (χ0) is 7.72. The molecule has 1 nitrogen and oxygen atoms in total. The maximum absolute atomic E-state index is 12.6. The van der Waals surface area contributed by atoms with Crippen LogP contribution in [-0.2, 0) is 0 Å². The predicted molar refractivity (Wildman–Crippen MR) is 42.0 cm³/mol. The molecule has 0 radical (unpaired) electrons. The molecule has 0 aromatic carbocycles. The first kappa shape index (κ1) is 7.88. The van der Waals surface area contributed by atoms with Crippen molar-refractivity contribution in [3.63, 3.8) is 0 Å². The number of thiophene rings is 1. The Labute approximate surface area is 70.0 Å². The van der Waals surface area contributed by atoms with E-state index in [4.69, 9.17) is 0 Å². The van der Waals surface area contributed by atoms with Gasteiger partial charge < -0.3 is 0 Å². The van der Waals surface area contributed by atoms with Crippen molar-refractivity contribution in [3.8, 4) is 0 Å². The van der Waals surface area contributed by atoms with Crippen molar-refractivity contribution >= 4 is 33.0 Å². The molecule has 4 heteroatoms. The standard InChI is InChI=1S/C6H4BrFOS/c1-3(9)6-4(8)2-5(7)10-6/h2H,1H3. The smallest absolute Gasteiger partial charge is 0.172 e. The van der Waals surface area contributed by atoms with Crippen molar-refractivity contribution in [1.29, 1.82) is 0 Å². The summed E-state index contributed by atoms with van der Waals surface area (Å²) in [7, 11) is 0. The highest BCUT2D eigenvalue weighted by molar-refractivity contribution is 9.11. The average molecular weight is 223 g/mol. The molecule has 0 bridgehead atoms. The molecule has 0 N–H and O–H groups in total. The SMILES string of the molecule is CC(=O)c1sc(Br)cc1F. The van der Waals surface area contributed by atoms with Gasteiger partial charge in [-0.1, -0.05) is 0 Å². The van der Waals surface area contributed by atoms with Gasteiger partial charge in [0, 0.05) is 6.92 Å². The molecule has 0 aliphatic rings. The Balaban J connectivity index is 3.15. The summed E-state index contributed by atoms with van der Waals surface area (Å²) in [5, 5.41) is 0. The molecule has 0 fully saturated rings. The van der Waals surface area contributed by atoms with Crippen LogP contribution in [0.1, 0.15) is 16.6 Å². The van der Waals surface area contributed by atoms with Crippen LogP contribution >= 0.6 is 27.3 Å². The molecule has 54 valence electrons. The van der Waals surface area contributed by atoms with Crippen LogP contribution in [0.2, 0.25) is 0 Å². The fourth-order valence-electron chi connectivity index (χ4n) is 0.581. The fourth-order valence-corrected chi connectivity index (χ4v) is 1.93. The third-order valence-electron chi connectivity index (χ3n) is 0.976. The Bertz CT molecular complexity index is 269. The highest BCUT2D eigenvalue weighted by atomic mass is 79.9. The van der Waals surface area contributed by atoms with Crippen LogP contribution in [0, 0.1) is 5.82 Å². The minimum atomic E-state index is -0.440. The molecular weight excluding hydrogens is 219 g/mol. The van der Waals surface area contributed by atoms with Gasteiger partial charge in [-0.15, -0.1) is 11.3 Å². The van der Waals surface area contributed by atoms with Gasteiger partial charge in [0.15, 0.2) is 5.78 Å². The van der Waals surface area contributed by atoms with Crippen LogP contribution in [0.25, 0.3) is 0 Å². The normalized spacial score (nSPS) is 9.90. The van der Waals surface area contributed by atoms with Crippen LogP contribution in [0.4, 0.5) is 4.39 Å². The third kappa shape index (κ3) is 1.44. The molecule has 0 unspecified atom stereocenters. The summed E-state index contributed by atoms with van der Waals surface area (Å²) >= 11 is 4.19. The van der Waals surface area contributed by atoms with Gasteiger partial charge in [0.1, 0.15) is 10.7 Å². The number of Topliss-reactive ketones (excluding diaryl/α,β-unsaturated/α-hetero) is 1. The average Bonchev–Trinajstić information content (AvgIpc) is 2.10. The van der Waals surface area contributed by atoms with E-state index in [0.29, 0.717) is 3.79 Å². The van der Waals surface area contributed by atoms with E-state index in [-0.39, 0.29) is 10.7 Å². The van der Waals surface area contributed by atoms with E-state index in [2.05, 4.69) is 15.9 Å². The summed E-state index contributed by atoms with van der Waals surface area (Å²) in [6.45, 7) is 1.35. The Hall–Kier alpha value is -0.220. The minimum Gasteiger partial charge on any atom is -0.293 e. The van der Waals surface area contributed by atoms with E-state index in [1.807, 2.05) is 0 Å². The maximum Gasteiger partial charge on any atom is 0.172 e. The van der Waals surface area contributed by atoms with Crippen molar-refractivity contribution in [2.45, 2.75) is 6.92 Å². The highest BCUT2D eigenvalue weighted by Gasteiger charge is 2.10. The van der Waals surface area contributed by atoms with Gasteiger partial charge >= 0.3 is 0 Å². The Morgan fingerprint density at radius 1 is 1.80 bits per heavy atom. The zero-order valence-corrected chi connectivity index (χ0v) is 7.55. The summed E-state index contributed by atoms with van der Waals surface area (Å²) in [5.74, 6) is -0.669. The second-order valence-corrected chi connectivity index (χ2v) is 4.22. The number of ketones is 1. The lowest BCUT2D eigenvalue weighted by Gasteiger charge is -1.84. The molecule has 0 aliphatic heterocycles. The Morgan fingerprint density at radius 2 is 2.40 bits per heavy atom. The monoisotopic (exact) mass is 222 g/mol. The first-order valence-corrected chi connectivity index (χ1v) is 4.18. The second-order valence-electron chi connectivity index (χ2n) is 1.78. The number of carbonyl (C=O) groups excluding carboxylic acids is 1. The number of rotatable bonds is 1. The van der Waals surface area contributed by atoms with Gasteiger partial charge in [-0.3, -0.25) is 4.79 Å². The summed E-state index contributed by atoms with van der Waals surface area (Å²) in [6, 6.07) is 1.29. The van der Waals surface area contributed by atoms with Gasteiger partial charge in [-0.05, 0) is 22.0 Å². The van der Waals surface area contributed by atoms with Gasteiger partial charge in [0.25, 0.3) is 0 Å². The van der Waals surface area contributed by atoms with Crippen LogP contribution in [-0.4, -0.2) is 5.78 Å². The summed E-state index contributed by atoms with van der Waals surface area (Å²) in [6.07, 6.45) is 0. The largest absolute Gasteiger partial charge is 0.293 e. The van der Waals surface area contributed by atoms with E-state index in [0.717, 1.165) is 11.3 Å². The summed E-state index contributed by atoms with van der Waals surface area (Å²) in [4.78, 5) is 10.8. The minimum absolute atomic E-state index is 0.187. The lowest BCUT2D eigenvalue weighted by atomic mass is 10.3. The molecule has 0 amide bonds. The molecule has 10 heavy (non-hydrogen) atoms. The van der Waals surface area contributed by atoms with Crippen molar-refractivity contribution in [2.24, 2.45) is 0 Å². The number of halogens is 2. The van der Waals surface area contributed by atoms with Crippen molar-refractivity contribution in [1.82, 2.24) is 0 Å². The van der Waals surface area contributed by atoms with Gasteiger partial charge in [-0.2, -0.15) is 0 Å². The molecule has 0 spiro atoms. The Morgan fingerprint density at radius 3 is 2.60 bits per heavy atom. The van der Waals surface area contributed by atoms with Gasteiger partial charge in [-0.25, -0.2) is 4.39 Å². The molecule has 1 aromatic heterocycles. The molecule has 1 heterocycles. The first-order valence-electron chi connectivity index (χ1n) is 2.57. The molecule has 0 saturated carbocycles. The van der Waals surface area contributed by atoms with Crippen LogP contribution in [0.3, 0.4) is 0 Å². The lowest BCUT2D eigenvalue weighted by molar-refractivity contribution is 0.101. The molecule has 1 aromatic rings. The quantitative estimate of drug-likeness (QED) is 0.669. The van der Waals surface area contributed by atoms with Crippen molar-refractivity contribution < 1.29 is 9.18 Å². The van der Waals surface area contributed by atoms with Gasteiger partial charge in [0.2, 0.25) is 0 Å². The summed E-state index contributed by atoms with van der Waals surface area (Å²) < 4.78 is 13.3. The van der Waals surface area contributed by atoms with E-state index >= 15 is 0 Å². The van der Waals surface area contributed by atoms with Crippen LogP contribution in [0.15, 0.2) is 9.85 Å². The second kappa shape index (κ2) is 2.80. The topological polar surface area (TPSA) is 17.1 Å². The van der Waals surface area contributed by atoms with Crippen LogP contribution < -0.4 is 0 Å². The van der Waals surface area contributed by atoms with Gasteiger partial charge in [0.05, 0.1) is 3.79 Å². The number of hydrogen-bond acceptors (Lipinski definition) is 2. The van der Waals surface area contributed by atoms with Crippen molar-refractivity contribution in [2.75, 3.05) is 0 Å². The molecule has 0 saturated heterocycles. The van der Waals surface area contributed by atoms with E-state index in [1.165, 1.54) is 13.0 Å².